The third-order valence-electron chi connectivity index (χ3n) is 6.73. The van der Waals surface area contributed by atoms with E-state index in [1.165, 1.54) is 0 Å². The Balaban J connectivity index is 1.78. The molecule has 0 aliphatic rings. The van der Waals surface area contributed by atoms with E-state index in [0.29, 0.717) is 5.56 Å². The molecule has 0 radical (unpaired) electrons. The molecule has 2 aromatic heterocycles. The Morgan fingerprint density at radius 2 is 1.03 bits per heavy atom. The fourth-order valence-electron chi connectivity index (χ4n) is 5.38. The van der Waals surface area contributed by atoms with Crippen LogP contribution in [0, 0.1) is 11.3 Å². The molecule has 3 heteroatoms. The zero-order chi connectivity index (χ0) is 22.6. The van der Waals surface area contributed by atoms with Crippen molar-refractivity contribution < 1.29 is 0 Å². The second-order valence-electron chi connectivity index (χ2n) is 8.53. The number of para-hydroxylation sites is 4. The average molecular weight is 434 g/mol. The van der Waals surface area contributed by atoms with Gasteiger partial charge in [-0.2, -0.15) is 5.26 Å². The summed E-state index contributed by atoms with van der Waals surface area (Å²) in [4.78, 5) is 0. The van der Waals surface area contributed by atoms with E-state index in [0.717, 1.165) is 55.0 Å². The molecule has 0 N–H and O–H groups in total. The van der Waals surface area contributed by atoms with Crippen molar-refractivity contribution >= 4 is 43.6 Å². The Morgan fingerprint density at radius 3 is 1.68 bits per heavy atom. The molecule has 34 heavy (non-hydrogen) atoms. The zero-order valence-electron chi connectivity index (χ0n) is 18.3. The highest BCUT2D eigenvalue weighted by molar-refractivity contribution is 6.22. The number of fused-ring (bicyclic) bond motifs is 6. The van der Waals surface area contributed by atoms with Gasteiger partial charge in [0.15, 0.2) is 0 Å². The number of aromatic nitrogens is 2. The molecule has 0 unspecified atom stereocenters. The number of hydrogen-bond acceptors (Lipinski definition) is 1. The molecule has 3 nitrogen and oxygen atoms in total. The van der Waals surface area contributed by atoms with Crippen molar-refractivity contribution in [3.05, 3.63) is 121 Å². The van der Waals surface area contributed by atoms with Gasteiger partial charge in [0.05, 0.1) is 27.6 Å². The van der Waals surface area contributed by atoms with Crippen LogP contribution in [0.5, 0.6) is 0 Å². The van der Waals surface area contributed by atoms with Crippen LogP contribution in [0.15, 0.2) is 115 Å². The first-order valence-electron chi connectivity index (χ1n) is 11.4. The summed E-state index contributed by atoms with van der Waals surface area (Å²) < 4.78 is 4.51. The summed E-state index contributed by atoms with van der Waals surface area (Å²) in [7, 11) is 0. The lowest BCUT2D eigenvalue weighted by Crippen LogP contribution is -1.96. The average Bonchev–Trinajstić information content (AvgIpc) is 3.41. The smallest absolute Gasteiger partial charge is 0.102 e. The largest absolute Gasteiger partial charge is 0.309 e. The van der Waals surface area contributed by atoms with Crippen LogP contribution >= 0.6 is 0 Å². The van der Waals surface area contributed by atoms with Gasteiger partial charge in [0.25, 0.3) is 0 Å². The van der Waals surface area contributed by atoms with E-state index in [1.807, 2.05) is 24.3 Å². The first-order chi connectivity index (χ1) is 16.9. The predicted molar refractivity (Wildman–Crippen MR) is 140 cm³/mol. The van der Waals surface area contributed by atoms with Gasteiger partial charge in [-0.15, -0.1) is 0 Å². The molecule has 2 heterocycles. The van der Waals surface area contributed by atoms with Gasteiger partial charge in [-0.05, 0) is 42.5 Å². The van der Waals surface area contributed by atoms with Gasteiger partial charge >= 0.3 is 0 Å². The van der Waals surface area contributed by atoms with Crippen LogP contribution in [0.25, 0.3) is 55.0 Å². The quantitative estimate of drug-likeness (QED) is 0.274. The molecule has 7 rings (SSSR count). The van der Waals surface area contributed by atoms with Gasteiger partial charge in [-0.25, -0.2) is 0 Å². The molecule has 0 aliphatic heterocycles. The monoisotopic (exact) mass is 433 g/mol. The van der Waals surface area contributed by atoms with Crippen LogP contribution in [0.2, 0.25) is 0 Å². The lowest BCUT2D eigenvalue weighted by Gasteiger charge is -2.10. The minimum absolute atomic E-state index is 0.707. The van der Waals surface area contributed by atoms with Crippen LogP contribution < -0.4 is 0 Å². The molecule has 5 aromatic carbocycles. The zero-order valence-corrected chi connectivity index (χ0v) is 18.3. The van der Waals surface area contributed by atoms with E-state index in [-0.39, 0.29) is 0 Å². The highest BCUT2D eigenvalue weighted by Gasteiger charge is 2.22. The first kappa shape index (κ1) is 18.7. The van der Waals surface area contributed by atoms with Crippen LogP contribution in [0.4, 0.5) is 0 Å². The van der Waals surface area contributed by atoms with Gasteiger partial charge in [0.2, 0.25) is 0 Å². The minimum atomic E-state index is 0.707. The maximum atomic E-state index is 10.6. The summed E-state index contributed by atoms with van der Waals surface area (Å²) in [6, 6.07) is 42.4. The number of rotatable bonds is 2. The topological polar surface area (TPSA) is 33.6 Å². The van der Waals surface area contributed by atoms with Crippen molar-refractivity contribution in [2.24, 2.45) is 0 Å². The maximum absolute atomic E-state index is 10.6. The Bertz CT molecular complexity index is 1890. The van der Waals surface area contributed by atoms with Crippen LogP contribution in [-0.4, -0.2) is 9.13 Å². The highest BCUT2D eigenvalue weighted by Crippen LogP contribution is 2.42. The van der Waals surface area contributed by atoms with E-state index in [4.69, 9.17) is 0 Å². The van der Waals surface area contributed by atoms with Gasteiger partial charge in [0.1, 0.15) is 6.07 Å². The summed E-state index contributed by atoms with van der Waals surface area (Å²) in [5.41, 5.74) is 7.05. The van der Waals surface area contributed by atoms with E-state index >= 15 is 0 Å². The number of nitrogens with zero attached hydrogens (tertiary/aromatic N) is 3. The summed E-state index contributed by atoms with van der Waals surface area (Å²) in [6.45, 7) is 0. The second kappa shape index (κ2) is 7.10. The van der Waals surface area contributed by atoms with Crippen molar-refractivity contribution in [3.63, 3.8) is 0 Å². The standard InChI is InChI=1S/C31H19N3/c32-20-26-30-24-16-8-10-18-28(24)33(21-11-3-1-4-12-21)29(30)19-25-23-15-7-9-17-27(23)34(31(25)26)22-13-5-2-6-14-22/h1-19H. The van der Waals surface area contributed by atoms with Crippen LogP contribution in [-0.2, 0) is 0 Å². The third kappa shape index (κ3) is 2.45. The Labute approximate surface area is 196 Å². The number of benzene rings is 5. The van der Waals surface area contributed by atoms with E-state index < -0.39 is 0 Å². The van der Waals surface area contributed by atoms with Crippen molar-refractivity contribution in [2.75, 3.05) is 0 Å². The summed E-state index contributed by atoms with van der Waals surface area (Å²) >= 11 is 0. The molecule has 0 saturated heterocycles. The summed E-state index contributed by atoms with van der Waals surface area (Å²) in [5.74, 6) is 0. The summed E-state index contributed by atoms with van der Waals surface area (Å²) in [5, 5.41) is 14.9. The molecule has 158 valence electrons. The Morgan fingerprint density at radius 1 is 0.500 bits per heavy atom. The SMILES string of the molecule is N#Cc1c2c3ccccc3n(-c3ccccc3)c2cc2c3ccccc3n(-c3ccccc3)c12. The van der Waals surface area contributed by atoms with E-state index in [1.54, 1.807) is 0 Å². The summed E-state index contributed by atoms with van der Waals surface area (Å²) in [6.07, 6.45) is 0. The molecule has 0 amide bonds. The molecule has 0 fully saturated rings. The van der Waals surface area contributed by atoms with Crippen molar-refractivity contribution in [1.82, 2.24) is 9.13 Å². The fourth-order valence-corrected chi connectivity index (χ4v) is 5.38. The van der Waals surface area contributed by atoms with E-state index in [9.17, 15) is 5.26 Å². The minimum Gasteiger partial charge on any atom is -0.309 e. The maximum Gasteiger partial charge on any atom is 0.102 e. The number of nitriles is 1. The van der Waals surface area contributed by atoms with Crippen LogP contribution in [0.1, 0.15) is 5.56 Å². The van der Waals surface area contributed by atoms with E-state index in [2.05, 4.69) is 106 Å². The number of hydrogen-bond donors (Lipinski definition) is 0. The normalized spacial score (nSPS) is 11.5. The molecule has 0 bridgehead atoms. The van der Waals surface area contributed by atoms with Gasteiger partial charge in [-0.1, -0.05) is 72.8 Å². The van der Waals surface area contributed by atoms with Crippen molar-refractivity contribution in [3.8, 4) is 17.4 Å². The molecule has 0 saturated carbocycles. The Kier molecular flexibility index (Phi) is 3.91. The third-order valence-corrected chi connectivity index (χ3v) is 6.73. The molecule has 0 aliphatic carbocycles. The van der Waals surface area contributed by atoms with Crippen molar-refractivity contribution in [2.45, 2.75) is 0 Å². The first-order valence-corrected chi connectivity index (χ1v) is 11.4. The predicted octanol–water partition coefficient (Wildman–Crippen LogP) is 7.75. The van der Waals surface area contributed by atoms with Crippen LogP contribution in [0.3, 0.4) is 0 Å². The molecule has 7 aromatic rings. The highest BCUT2D eigenvalue weighted by atomic mass is 15.0. The molecular formula is C31H19N3. The van der Waals surface area contributed by atoms with Gasteiger partial charge in [0, 0.05) is 32.9 Å². The second-order valence-corrected chi connectivity index (χ2v) is 8.53. The lowest BCUT2D eigenvalue weighted by atomic mass is 10.0. The van der Waals surface area contributed by atoms with Crippen molar-refractivity contribution in [1.29, 1.82) is 5.26 Å². The fraction of sp³-hybridized carbons (Fsp3) is 0. The molecule has 0 atom stereocenters. The van der Waals surface area contributed by atoms with Gasteiger partial charge < -0.3 is 9.13 Å². The molecule has 0 spiro atoms. The molecular weight excluding hydrogens is 414 g/mol. The Hall–Kier alpha value is -4.81. The lowest BCUT2D eigenvalue weighted by molar-refractivity contribution is 1.17. The van der Waals surface area contributed by atoms with Gasteiger partial charge in [-0.3, -0.25) is 0 Å².